The first-order chi connectivity index (χ1) is 22.3. The maximum absolute atomic E-state index is 15.2. The third kappa shape index (κ3) is 8.57. The van der Waals surface area contributed by atoms with Crippen molar-refractivity contribution < 1.29 is 43.0 Å². The standard InChI is InChI=1S/C30H33FN8O8/c1-30(2,3)46-28(43)37(17-27(41)42)16-26(40)33-13-20-11-25(35-47-20)24-7-4-18(12-32-24)22-6-5-19(10-23(22)31)39-15-21(45-29(39)44)14-38-9-8-34-36-38/h4-12,20-21,35H,13-17H2,1-3H3,(H,33,40)(H,41,42)/t20-,21-/m0/s1. The predicted molar refractivity (Wildman–Crippen MR) is 162 cm³/mol. The number of pyridine rings is 1. The van der Waals surface area contributed by atoms with Gasteiger partial charge < -0.3 is 19.9 Å². The van der Waals surface area contributed by atoms with Crippen LogP contribution in [0.25, 0.3) is 16.8 Å². The van der Waals surface area contributed by atoms with E-state index in [0.717, 1.165) is 4.90 Å². The molecule has 0 radical (unpaired) electrons. The van der Waals surface area contributed by atoms with Gasteiger partial charge in [0, 0.05) is 23.5 Å². The monoisotopic (exact) mass is 652 g/mol. The predicted octanol–water partition coefficient (Wildman–Crippen LogP) is 2.19. The minimum atomic E-state index is -1.29. The molecule has 0 aliphatic carbocycles. The number of rotatable bonds is 11. The number of carboxylic acids is 1. The average Bonchev–Trinajstić information content (AvgIpc) is 3.77. The van der Waals surface area contributed by atoms with E-state index in [9.17, 15) is 19.2 Å². The van der Waals surface area contributed by atoms with Gasteiger partial charge in [-0.3, -0.25) is 34.7 Å². The van der Waals surface area contributed by atoms with Gasteiger partial charge in [0.2, 0.25) is 5.91 Å². The molecule has 4 heterocycles. The Hall–Kier alpha value is -5.58. The van der Waals surface area contributed by atoms with Gasteiger partial charge in [0.1, 0.15) is 36.7 Å². The van der Waals surface area contributed by atoms with Gasteiger partial charge in [-0.1, -0.05) is 11.3 Å². The average molecular weight is 653 g/mol. The van der Waals surface area contributed by atoms with Crippen molar-refractivity contribution in [1.82, 2.24) is 35.7 Å². The van der Waals surface area contributed by atoms with E-state index in [1.165, 1.54) is 23.4 Å². The minimum absolute atomic E-state index is 0.0198. The number of aliphatic carboxylic acids is 1. The highest BCUT2D eigenvalue weighted by atomic mass is 19.1. The summed E-state index contributed by atoms with van der Waals surface area (Å²) in [6, 6.07) is 7.82. The molecular formula is C30H33FN8O8. The summed E-state index contributed by atoms with van der Waals surface area (Å²) in [4.78, 5) is 60.4. The zero-order valence-electron chi connectivity index (χ0n) is 25.8. The van der Waals surface area contributed by atoms with Crippen LogP contribution in [0.1, 0.15) is 26.5 Å². The van der Waals surface area contributed by atoms with Gasteiger partial charge >= 0.3 is 18.2 Å². The number of nitrogens with zero attached hydrogens (tertiary/aromatic N) is 6. The molecule has 1 aromatic carbocycles. The number of cyclic esters (lactones) is 1. The topological polar surface area (TPSA) is 190 Å². The Bertz CT molecular complexity index is 1660. The number of carbonyl (C=O) groups is 4. The summed E-state index contributed by atoms with van der Waals surface area (Å²) in [5, 5.41) is 19.3. The molecular weight excluding hydrogens is 619 g/mol. The molecule has 1 saturated heterocycles. The van der Waals surface area contributed by atoms with E-state index in [0.29, 0.717) is 29.2 Å². The number of ether oxygens (including phenoxy) is 2. The molecule has 16 nitrogen and oxygen atoms in total. The summed E-state index contributed by atoms with van der Waals surface area (Å²) in [5.41, 5.74) is 4.03. The lowest BCUT2D eigenvalue weighted by molar-refractivity contribution is -0.138. The number of benzene rings is 1. The van der Waals surface area contributed by atoms with Gasteiger partial charge in [-0.2, -0.15) is 0 Å². The molecule has 2 aromatic heterocycles. The van der Waals surface area contributed by atoms with Gasteiger partial charge in [0.05, 0.1) is 42.9 Å². The van der Waals surface area contributed by atoms with E-state index in [1.807, 2.05) is 0 Å². The van der Waals surface area contributed by atoms with Crippen molar-refractivity contribution in [2.24, 2.45) is 0 Å². The third-order valence-corrected chi connectivity index (χ3v) is 6.84. The fraction of sp³-hybridized carbons (Fsp3) is 0.367. The van der Waals surface area contributed by atoms with Crippen LogP contribution < -0.4 is 15.7 Å². The molecule has 2 aliphatic heterocycles. The molecule has 248 valence electrons. The number of hydroxylamine groups is 1. The summed E-state index contributed by atoms with van der Waals surface area (Å²) in [7, 11) is 0. The number of aromatic nitrogens is 4. The van der Waals surface area contributed by atoms with E-state index in [2.05, 4.69) is 26.1 Å². The van der Waals surface area contributed by atoms with Crippen LogP contribution >= 0.6 is 0 Å². The number of carbonyl (C=O) groups excluding carboxylic acids is 3. The van der Waals surface area contributed by atoms with Crippen molar-refractivity contribution in [3.63, 3.8) is 0 Å². The van der Waals surface area contributed by atoms with Crippen LogP contribution in [0.2, 0.25) is 0 Å². The minimum Gasteiger partial charge on any atom is -0.480 e. The quantitative estimate of drug-likeness (QED) is 0.274. The molecule has 17 heteroatoms. The maximum Gasteiger partial charge on any atom is 0.414 e. The van der Waals surface area contributed by atoms with Gasteiger partial charge in [0.25, 0.3) is 0 Å². The molecule has 3 aromatic rings. The molecule has 0 bridgehead atoms. The van der Waals surface area contributed by atoms with Gasteiger partial charge in [-0.25, -0.2) is 18.7 Å². The Labute approximate surface area is 268 Å². The van der Waals surface area contributed by atoms with E-state index in [-0.39, 0.29) is 18.7 Å². The van der Waals surface area contributed by atoms with Gasteiger partial charge in [-0.15, -0.1) is 5.10 Å². The van der Waals surface area contributed by atoms with Crippen molar-refractivity contribution in [2.45, 2.75) is 45.1 Å². The Morgan fingerprint density at radius 2 is 2.02 bits per heavy atom. The molecule has 47 heavy (non-hydrogen) atoms. The van der Waals surface area contributed by atoms with Crippen molar-refractivity contribution in [1.29, 1.82) is 0 Å². The molecule has 1 fully saturated rings. The van der Waals surface area contributed by atoms with Gasteiger partial charge in [0.15, 0.2) is 0 Å². The number of halogens is 1. The first-order valence-electron chi connectivity index (χ1n) is 14.5. The van der Waals surface area contributed by atoms with Crippen LogP contribution in [0.4, 0.5) is 19.7 Å². The van der Waals surface area contributed by atoms with Crippen LogP contribution in [0.15, 0.2) is 55.0 Å². The van der Waals surface area contributed by atoms with Crippen molar-refractivity contribution in [3.05, 3.63) is 66.5 Å². The normalized spacial score (nSPS) is 17.5. The van der Waals surface area contributed by atoms with Gasteiger partial charge in [-0.05, 0) is 51.1 Å². The fourth-order valence-electron chi connectivity index (χ4n) is 4.73. The first kappa shape index (κ1) is 32.8. The summed E-state index contributed by atoms with van der Waals surface area (Å²) >= 11 is 0. The molecule has 2 aliphatic rings. The SMILES string of the molecule is CC(C)(C)OC(=O)N(CC(=O)O)CC(=O)NC[C@@H]1C=C(c2ccc(-c3ccc(N4C[C@H](Cn5ccnn5)OC4=O)cc3F)cn2)NO1. The first-order valence-corrected chi connectivity index (χ1v) is 14.5. The number of hydrogen-bond acceptors (Lipinski definition) is 11. The number of nitrogens with one attached hydrogen (secondary N) is 2. The molecule has 2 atom stereocenters. The Morgan fingerprint density at radius 3 is 2.68 bits per heavy atom. The second kappa shape index (κ2) is 13.8. The zero-order chi connectivity index (χ0) is 33.7. The van der Waals surface area contributed by atoms with Crippen LogP contribution in [0, 0.1) is 5.82 Å². The molecule has 0 saturated carbocycles. The van der Waals surface area contributed by atoms with Crippen molar-refractivity contribution in [3.8, 4) is 11.1 Å². The van der Waals surface area contributed by atoms with Crippen molar-refractivity contribution >= 4 is 35.4 Å². The summed E-state index contributed by atoms with van der Waals surface area (Å²) < 4.78 is 27.3. The lowest BCUT2D eigenvalue weighted by Crippen LogP contribution is -2.46. The molecule has 3 amide bonds. The molecule has 3 N–H and O–H groups in total. The Kier molecular flexibility index (Phi) is 9.64. The zero-order valence-corrected chi connectivity index (χ0v) is 25.8. The third-order valence-electron chi connectivity index (χ3n) is 6.84. The summed E-state index contributed by atoms with van der Waals surface area (Å²) in [5.74, 6) is -2.44. The van der Waals surface area contributed by atoms with E-state index in [4.69, 9.17) is 19.4 Å². The number of anilines is 1. The van der Waals surface area contributed by atoms with Crippen molar-refractivity contribution in [2.75, 3.05) is 31.1 Å². The number of hydrogen-bond donors (Lipinski definition) is 3. The highest BCUT2D eigenvalue weighted by Crippen LogP contribution is 2.30. The lowest BCUT2D eigenvalue weighted by atomic mass is 10.1. The van der Waals surface area contributed by atoms with E-state index < -0.39 is 60.8 Å². The highest BCUT2D eigenvalue weighted by molar-refractivity contribution is 5.90. The lowest BCUT2D eigenvalue weighted by Gasteiger charge is -2.26. The molecule has 0 spiro atoms. The molecule has 0 unspecified atom stereocenters. The largest absolute Gasteiger partial charge is 0.480 e. The maximum atomic E-state index is 15.2. The van der Waals surface area contributed by atoms with E-state index in [1.54, 1.807) is 62.0 Å². The fourth-order valence-corrected chi connectivity index (χ4v) is 4.73. The summed E-state index contributed by atoms with van der Waals surface area (Å²) in [6.07, 6.45) is 3.82. The van der Waals surface area contributed by atoms with Crippen LogP contribution in [0.3, 0.4) is 0 Å². The number of carboxylic acid groups (broad SMARTS) is 1. The smallest absolute Gasteiger partial charge is 0.414 e. The molecule has 5 rings (SSSR count). The van der Waals surface area contributed by atoms with Crippen LogP contribution in [-0.4, -0.2) is 98.0 Å². The Morgan fingerprint density at radius 1 is 1.21 bits per heavy atom. The summed E-state index contributed by atoms with van der Waals surface area (Å²) in [6.45, 7) is 4.24. The second-order valence-corrected chi connectivity index (χ2v) is 11.7. The van der Waals surface area contributed by atoms with Crippen LogP contribution in [-0.2, 0) is 30.4 Å². The van der Waals surface area contributed by atoms with Crippen LogP contribution in [0.5, 0.6) is 0 Å². The van der Waals surface area contributed by atoms with E-state index >= 15 is 4.39 Å². The Balaban J connectivity index is 1.15. The highest BCUT2D eigenvalue weighted by Gasteiger charge is 2.33. The number of amides is 3. The second-order valence-electron chi connectivity index (χ2n) is 11.7.